The summed E-state index contributed by atoms with van der Waals surface area (Å²) in [6, 6.07) is 16.9. The smallest absolute Gasteiger partial charge is 0.348 e. The van der Waals surface area contributed by atoms with Gasteiger partial charge in [-0.1, -0.05) is 24.3 Å². The molecule has 0 unspecified atom stereocenters. The first-order chi connectivity index (χ1) is 19.3. The lowest BCUT2D eigenvalue weighted by molar-refractivity contribution is 0.0399. The van der Waals surface area contributed by atoms with E-state index in [1.165, 1.54) is 62.4 Å². The standard InChI is InChI=1S/C28H22F2N2O7S2/c1-17-15-19(29)11-13-25(17)40(35,36)31-23-9-5-3-7-21(23)27(33)39-28(34)22-8-4-6-10-24(22)32-41(37,38)26-14-12-20(30)16-18(26)2/h3-16,31-32H,1-2H3. The molecule has 0 spiro atoms. The molecule has 0 atom stereocenters. The Bertz CT molecular complexity index is 1760. The third-order valence-corrected chi connectivity index (χ3v) is 8.87. The van der Waals surface area contributed by atoms with Crippen LogP contribution in [0.4, 0.5) is 20.2 Å². The van der Waals surface area contributed by atoms with Crippen molar-refractivity contribution >= 4 is 43.4 Å². The first-order valence-electron chi connectivity index (χ1n) is 11.8. The van der Waals surface area contributed by atoms with Crippen LogP contribution in [0, 0.1) is 25.5 Å². The molecule has 0 heterocycles. The van der Waals surface area contributed by atoms with E-state index in [2.05, 4.69) is 9.44 Å². The van der Waals surface area contributed by atoms with E-state index in [0.29, 0.717) is 0 Å². The van der Waals surface area contributed by atoms with Crippen molar-refractivity contribution in [1.82, 2.24) is 0 Å². The number of benzene rings is 4. The van der Waals surface area contributed by atoms with E-state index in [-0.39, 0.29) is 43.4 Å². The van der Waals surface area contributed by atoms with Gasteiger partial charge in [0, 0.05) is 0 Å². The van der Waals surface area contributed by atoms with Gasteiger partial charge in [0.05, 0.1) is 32.3 Å². The molecule has 13 heteroatoms. The molecule has 0 aliphatic rings. The van der Waals surface area contributed by atoms with Crippen molar-refractivity contribution in [2.45, 2.75) is 23.6 Å². The van der Waals surface area contributed by atoms with Crippen LogP contribution >= 0.6 is 0 Å². The van der Waals surface area contributed by atoms with Crippen LogP contribution in [0.3, 0.4) is 0 Å². The number of hydrogen-bond donors (Lipinski definition) is 2. The average molecular weight is 601 g/mol. The third-order valence-electron chi connectivity index (χ3n) is 5.82. The van der Waals surface area contributed by atoms with Gasteiger partial charge < -0.3 is 4.74 Å². The zero-order valence-corrected chi connectivity index (χ0v) is 23.1. The second kappa shape index (κ2) is 11.5. The van der Waals surface area contributed by atoms with Crippen LogP contribution in [0.1, 0.15) is 31.8 Å². The quantitative estimate of drug-likeness (QED) is 0.210. The molecule has 0 aliphatic heterocycles. The Morgan fingerprint density at radius 2 is 0.976 bits per heavy atom. The normalized spacial score (nSPS) is 11.5. The highest BCUT2D eigenvalue weighted by atomic mass is 32.2. The number of aryl methyl sites for hydroxylation is 2. The van der Waals surface area contributed by atoms with Gasteiger partial charge in [-0.05, 0) is 85.6 Å². The number of esters is 2. The van der Waals surface area contributed by atoms with E-state index in [9.17, 15) is 35.2 Å². The number of ether oxygens (including phenoxy) is 1. The topological polar surface area (TPSA) is 136 Å². The molecule has 0 aliphatic carbocycles. The maximum atomic E-state index is 13.5. The molecule has 0 aromatic heterocycles. The highest BCUT2D eigenvalue weighted by molar-refractivity contribution is 7.93. The van der Waals surface area contributed by atoms with Crippen molar-refractivity contribution in [2.75, 3.05) is 9.44 Å². The summed E-state index contributed by atoms with van der Waals surface area (Å²) in [5, 5.41) is 0. The number of para-hydroxylation sites is 2. The van der Waals surface area contributed by atoms with Gasteiger partial charge >= 0.3 is 11.9 Å². The second-order valence-corrected chi connectivity index (χ2v) is 12.1. The van der Waals surface area contributed by atoms with Gasteiger partial charge in [-0.25, -0.2) is 35.2 Å². The fourth-order valence-electron chi connectivity index (χ4n) is 3.92. The Hall–Kier alpha value is -4.62. The van der Waals surface area contributed by atoms with Gasteiger partial charge in [0.2, 0.25) is 0 Å². The van der Waals surface area contributed by atoms with Gasteiger partial charge in [-0.2, -0.15) is 0 Å². The summed E-state index contributed by atoms with van der Waals surface area (Å²) in [4.78, 5) is 25.5. The van der Waals surface area contributed by atoms with Crippen LogP contribution in [0.15, 0.2) is 94.7 Å². The Morgan fingerprint density at radius 3 is 1.34 bits per heavy atom. The van der Waals surface area contributed by atoms with Gasteiger partial charge in [0.25, 0.3) is 20.0 Å². The molecule has 4 aromatic carbocycles. The molecular formula is C28H22F2N2O7S2. The SMILES string of the molecule is Cc1cc(F)ccc1S(=O)(=O)Nc1ccccc1C(=O)OC(=O)c1ccccc1NS(=O)(=O)c1ccc(F)cc1C. The van der Waals surface area contributed by atoms with E-state index in [4.69, 9.17) is 4.74 Å². The van der Waals surface area contributed by atoms with Crippen LogP contribution in [0.2, 0.25) is 0 Å². The Balaban J connectivity index is 1.58. The average Bonchev–Trinajstić information content (AvgIpc) is 2.88. The van der Waals surface area contributed by atoms with Gasteiger partial charge in [0.1, 0.15) is 11.6 Å². The summed E-state index contributed by atoms with van der Waals surface area (Å²) in [7, 11) is -8.53. The number of sulfonamides is 2. The van der Waals surface area contributed by atoms with Crippen LogP contribution in [0.5, 0.6) is 0 Å². The summed E-state index contributed by atoms with van der Waals surface area (Å²) in [5.74, 6) is -3.70. The molecule has 0 fully saturated rings. The molecule has 4 aromatic rings. The van der Waals surface area contributed by atoms with Gasteiger partial charge in [-0.15, -0.1) is 0 Å². The minimum atomic E-state index is -4.27. The molecule has 0 saturated carbocycles. The summed E-state index contributed by atoms with van der Waals surface area (Å²) in [6.45, 7) is 2.80. The first-order valence-corrected chi connectivity index (χ1v) is 14.8. The van der Waals surface area contributed by atoms with Crippen molar-refractivity contribution < 1.29 is 39.9 Å². The van der Waals surface area contributed by atoms with Gasteiger partial charge in [0.15, 0.2) is 0 Å². The fourth-order valence-corrected chi connectivity index (χ4v) is 6.54. The maximum absolute atomic E-state index is 13.5. The lowest BCUT2D eigenvalue weighted by atomic mass is 10.1. The molecule has 0 bridgehead atoms. The number of carbonyl (C=O) groups excluding carboxylic acids is 2. The Labute approximate surface area is 234 Å². The predicted molar refractivity (Wildman–Crippen MR) is 147 cm³/mol. The largest absolute Gasteiger partial charge is 0.386 e. The molecule has 4 rings (SSSR count). The second-order valence-electron chi connectivity index (χ2n) is 8.80. The molecule has 0 saturated heterocycles. The Kier molecular flexibility index (Phi) is 8.22. The van der Waals surface area contributed by atoms with Crippen LogP contribution < -0.4 is 9.44 Å². The molecule has 2 N–H and O–H groups in total. The van der Waals surface area contributed by atoms with Crippen molar-refractivity contribution in [3.63, 3.8) is 0 Å². The van der Waals surface area contributed by atoms with E-state index >= 15 is 0 Å². The zero-order chi connectivity index (χ0) is 29.9. The number of nitrogens with one attached hydrogen (secondary N) is 2. The summed E-state index contributed by atoms with van der Waals surface area (Å²) in [6.07, 6.45) is 0. The molecular weight excluding hydrogens is 578 g/mol. The number of halogens is 2. The number of anilines is 2. The molecule has 9 nitrogen and oxygen atoms in total. The van der Waals surface area contributed by atoms with Crippen molar-refractivity contribution in [3.8, 4) is 0 Å². The number of rotatable bonds is 8. The minimum Gasteiger partial charge on any atom is -0.386 e. The van der Waals surface area contributed by atoms with E-state index < -0.39 is 43.6 Å². The lowest BCUT2D eigenvalue weighted by Gasteiger charge is -2.15. The van der Waals surface area contributed by atoms with Crippen LogP contribution in [-0.2, 0) is 24.8 Å². The maximum Gasteiger partial charge on any atom is 0.348 e. The van der Waals surface area contributed by atoms with Crippen LogP contribution in [0.25, 0.3) is 0 Å². The van der Waals surface area contributed by atoms with E-state index in [0.717, 1.165) is 36.4 Å². The van der Waals surface area contributed by atoms with Gasteiger partial charge in [-0.3, -0.25) is 9.44 Å². The first kappa shape index (κ1) is 29.4. The third kappa shape index (κ3) is 6.58. The lowest BCUT2D eigenvalue weighted by Crippen LogP contribution is -2.20. The summed E-state index contributed by atoms with van der Waals surface area (Å²) < 4.78 is 88.2. The fraction of sp³-hybridized carbons (Fsp3) is 0.0714. The zero-order valence-electron chi connectivity index (χ0n) is 21.5. The van der Waals surface area contributed by atoms with Crippen molar-refractivity contribution in [2.24, 2.45) is 0 Å². The summed E-state index contributed by atoms with van der Waals surface area (Å²) >= 11 is 0. The minimum absolute atomic E-state index is 0.127. The molecule has 0 radical (unpaired) electrons. The monoisotopic (exact) mass is 600 g/mol. The highest BCUT2D eigenvalue weighted by Crippen LogP contribution is 2.26. The van der Waals surface area contributed by atoms with Crippen molar-refractivity contribution in [1.29, 1.82) is 0 Å². The van der Waals surface area contributed by atoms with E-state index in [1.807, 2.05) is 0 Å². The summed E-state index contributed by atoms with van der Waals surface area (Å²) in [5.41, 5.74) is -0.803. The molecule has 0 amide bonds. The highest BCUT2D eigenvalue weighted by Gasteiger charge is 2.25. The Morgan fingerprint density at radius 1 is 0.610 bits per heavy atom. The number of carbonyl (C=O) groups is 2. The predicted octanol–water partition coefficient (Wildman–Crippen LogP) is 5.18. The van der Waals surface area contributed by atoms with Crippen molar-refractivity contribution in [3.05, 3.63) is 119 Å². The van der Waals surface area contributed by atoms with Crippen LogP contribution in [-0.4, -0.2) is 28.8 Å². The molecule has 41 heavy (non-hydrogen) atoms. The van der Waals surface area contributed by atoms with E-state index in [1.54, 1.807) is 0 Å². The number of hydrogen-bond acceptors (Lipinski definition) is 7. The molecule has 212 valence electrons.